The van der Waals surface area contributed by atoms with Crippen molar-refractivity contribution in [2.24, 2.45) is 0 Å². The third kappa shape index (κ3) is 1.80. The van der Waals surface area contributed by atoms with Crippen LogP contribution >= 0.6 is 39.1 Å². The fourth-order valence-corrected chi connectivity index (χ4v) is 2.36. The van der Waals surface area contributed by atoms with Crippen LogP contribution in [0.25, 0.3) is 10.9 Å². The highest BCUT2D eigenvalue weighted by atomic mass is 79.9. The van der Waals surface area contributed by atoms with E-state index in [0.717, 1.165) is 5.69 Å². The highest BCUT2D eigenvalue weighted by Gasteiger charge is 2.11. The maximum atomic E-state index is 11.7. The van der Waals surface area contributed by atoms with E-state index in [1.165, 1.54) is 6.07 Å². The van der Waals surface area contributed by atoms with Crippen LogP contribution in [-0.4, -0.2) is 4.98 Å². The minimum Gasteiger partial charge on any atom is -0.357 e. The molecular weight excluding hydrogens is 301 g/mol. The number of nitrogens with one attached hydrogen (secondary N) is 1. The van der Waals surface area contributed by atoms with Crippen LogP contribution in [-0.2, 0) is 0 Å². The number of rotatable bonds is 0. The predicted molar refractivity (Wildman–Crippen MR) is 67.0 cm³/mol. The van der Waals surface area contributed by atoms with E-state index < -0.39 is 0 Å². The van der Waals surface area contributed by atoms with Crippen molar-refractivity contribution in [1.82, 2.24) is 4.98 Å². The van der Waals surface area contributed by atoms with Crippen LogP contribution in [0.3, 0.4) is 0 Å². The number of hydrogen-bond donors (Lipinski definition) is 1. The lowest BCUT2D eigenvalue weighted by atomic mass is 10.2. The van der Waals surface area contributed by atoms with Gasteiger partial charge in [-0.2, -0.15) is 0 Å². The molecule has 0 unspecified atom stereocenters. The lowest BCUT2D eigenvalue weighted by Crippen LogP contribution is -2.03. The van der Waals surface area contributed by atoms with Crippen molar-refractivity contribution in [2.75, 3.05) is 0 Å². The van der Waals surface area contributed by atoms with Crippen LogP contribution < -0.4 is 5.43 Å². The van der Waals surface area contributed by atoms with Gasteiger partial charge in [-0.3, -0.25) is 4.79 Å². The monoisotopic (exact) mass is 305 g/mol. The van der Waals surface area contributed by atoms with E-state index in [1.54, 1.807) is 13.0 Å². The summed E-state index contributed by atoms with van der Waals surface area (Å²) in [6, 6.07) is 3.20. The third-order valence-corrected chi connectivity index (χ3v) is 3.82. The van der Waals surface area contributed by atoms with E-state index in [4.69, 9.17) is 23.2 Å². The van der Waals surface area contributed by atoms with E-state index >= 15 is 0 Å². The average molecular weight is 307 g/mol. The summed E-state index contributed by atoms with van der Waals surface area (Å²) in [5.41, 5.74) is 1.27. The first-order valence-corrected chi connectivity index (χ1v) is 5.72. The summed E-state index contributed by atoms with van der Waals surface area (Å²) in [6.45, 7) is 1.80. The van der Waals surface area contributed by atoms with Crippen molar-refractivity contribution in [3.8, 4) is 0 Å². The Kier molecular flexibility index (Phi) is 2.79. The second-order valence-corrected chi connectivity index (χ2v) is 4.84. The topological polar surface area (TPSA) is 32.9 Å². The zero-order valence-corrected chi connectivity index (χ0v) is 10.8. The average Bonchev–Trinajstić information content (AvgIpc) is 2.17. The highest BCUT2D eigenvalue weighted by molar-refractivity contribution is 9.10. The standard InChI is InChI=1S/C10H6BrCl2NO/c1-4-2-7(15)5-3-6(11)8(12)9(13)10(5)14-4/h2-3H,1H3,(H,14,15). The number of aromatic amines is 1. The Morgan fingerprint density at radius 1 is 1.27 bits per heavy atom. The molecular formula is C10H6BrCl2NO. The maximum Gasteiger partial charge on any atom is 0.189 e. The Morgan fingerprint density at radius 3 is 2.60 bits per heavy atom. The van der Waals surface area contributed by atoms with Crippen molar-refractivity contribution in [3.63, 3.8) is 0 Å². The number of aromatic nitrogens is 1. The molecule has 0 saturated carbocycles. The molecule has 1 heterocycles. The summed E-state index contributed by atoms with van der Waals surface area (Å²) in [7, 11) is 0. The highest BCUT2D eigenvalue weighted by Crippen LogP contribution is 2.34. The van der Waals surface area contributed by atoms with E-state index in [1.807, 2.05) is 0 Å². The lowest BCUT2D eigenvalue weighted by molar-refractivity contribution is 1.24. The Hall–Kier alpha value is -0.510. The van der Waals surface area contributed by atoms with Crippen LogP contribution in [0.5, 0.6) is 0 Å². The van der Waals surface area contributed by atoms with Gasteiger partial charge in [0, 0.05) is 21.6 Å². The first-order chi connectivity index (χ1) is 7.00. The molecule has 2 rings (SSSR count). The van der Waals surface area contributed by atoms with Gasteiger partial charge in [-0.05, 0) is 28.9 Å². The number of halogens is 3. The molecule has 0 fully saturated rings. The predicted octanol–water partition coefficient (Wildman–Crippen LogP) is 3.91. The van der Waals surface area contributed by atoms with Crippen molar-refractivity contribution in [1.29, 1.82) is 0 Å². The van der Waals surface area contributed by atoms with Gasteiger partial charge in [0.15, 0.2) is 5.43 Å². The van der Waals surface area contributed by atoms with E-state index in [-0.39, 0.29) is 5.43 Å². The van der Waals surface area contributed by atoms with Gasteiger partial charge in [0.2, 0.25) is 0 Å². The van der Waals surface area contributed by atoms with Crippen LogP contribution in [0.2, 0.25) is 10.0 Å². The van der Waals surface area contributed by atoms with Crippen LogP contribution in [0, 0.1) is 6.92 Å². The quantitative estimate of drug-likeness (QED) is 0.736. The van der Waals surface area contributed by atoms with Gasteiger partial charge in [-0.25, -0.2) is 0 Å². The molecule has 0 atom stereocenters. The zero-order valence-electron chi connectivity index (χ0n) is 7.70. The van der Waals surface area contributed by atoms with Crippen LogP contribution in [0.4, 0.5) is 0 Å². The molecule has 0 spiro atoms. The molecule has 15 heavy (non-hydrogen) atoms. The number of benzene rings is 1. The molecule has 1 aromatic carbocycles. The van der Waals surface area contributed by atoms with Gasteiger partial charge < -0.3 is 4.98 Å². The second-order valence-electron chi connectivity index (χ2n) is 3.23. The Morgan fingerprint density at radius 2 is 1.93 bits per heavy atom. The normalized spacial score (nSPS) is 10.9. The third-order valence-electron chi connectivity index (χ3n) is 2.10. The van der Waals surface area contributed by atoms with Gasteiger partial charge in [0.05, 0.1) is 15.6 Å². The number of pyridine rings is 1. The molecule has 2 nitrogen and oxygen atoms in total. The molecule has 78 valence electrons. The number of H-pyrrole nitrogens is 1. The Bertz CT molecular complexity index is 606. The van der Waals surface area contributed by atoms with Gasteiger partial charge in [-0.15, -0.1) is 0 Å². The van der Waals surface area contributed by atoms with Gasteiger partial charge in [0.25, 0.3) is 0 Å². The van der Waals surface area contributed by atoms with E-state index in [0.29, 0.717) is 25.4 Å². The first-order valence-electron chi connectivity index (χ1n) is 4.18. The Labute approximate surface area is 104 Å². The molecule has 0 bridgehead atoms. The Balaban J connectivity index is 3.05. The minimum atomic E-state index is -0.0690. The lowest BCUT2D eigenvalue weighted by Gasteiger charge is -2.05. The summed E-state index contributed by atoms with van der Waals surface area (Å²) in [5.74, 6) is 0. The molecule has 2 aromatic rings. The molecule has 0 saturated heterocycles. The van der Waals surface area contributed by atoms with Gasteiger partial charge in [0.1, 0.15) is 0 Å². The molecule has 0 amide bonds. The summed E-state index contributed by atoms with van der Waals surface area (Å²) < 4.78 is 0.621. The van der Waals surface area contributed by atoms with Gasteiger partial charge >= 0.3 is 0 Å². The van der Waals surface area contributed by atoms with Crippen molar-refractivity contribution in [3.05, 3.63) is 42.6 Å². The van der Waals surface area contributed by atoms with E-state index in [2.05, 4.69) is 20.9 Å². The molecule has 1 N–H and O–H groups in total. The number of fused-ring (bicyclic) bond motifs is 1. The molecule has 0 aliphatic rings. The molecule has 5 heteroatoms. The second kappa shape index (κ2) is 3.81. The smallest absolute Gasteiger partial charge is 0.189 e. The first kappa shape index (κ1) is 11.0. The molecule has 1 aromatic heterocycles. The van der Waals surface area contributed by atoms with Crippen LogP contribution in [0.15, 0.2) is 21.4 Å². The van der Waals surface area contributed by atoms with E-state index in [9.17, 15) is 4.79 Å². The summed E-state index contributed by atoms with van der Waals surface area (Å²) in [6.07, 6.45) is 0. The molecule has 0 aliphatic carbocycles. The SMILES string of the molecule is Cc1cc(=O)c2cc(Br)c(Cl)c(Cl)c2[nH]1. The van der Waals surface area contributed by atoms with Crippen molar-refractivity contribution in [2.45, 2.75) is 6.92 Å². The molecule has 0 aliphatic heterocycles. The largest absolute Gasteiger partial charge is 0.357 e. The summed E-state index contributed by atoms with van der Waals surface area (Å²) >= 11 is 15.3. The number of hydrogen-bond acceptors (Lipinski definition) is 1. The summed E-state index contributed by atoms with van der Waals surface area (Å²) in [4.78, 5) is 14.7. The van der Waals surface area contributed by atoms with Gasteiger partial charge in [-0.1, -0.05) is 23.2 Å². The fourth-order valence-electron chi connectivity index (χ4n) is 1.42. The molecule has 0 radical (unpaired) electrons. The van der Waals surface area contributed by atoms with Crippen molar-refractivity contribution >= 4 is 50.0 Å². The van der Waals surface area contributed by atoms with Crippen molar-refractivity contribution < 1.29 is 0 Å². The van der Waals surface area contributed by atoms with Crippen LogP contribution in [0.1, 0.15) is 5.69 Å². The zero-order chi connectivity index (χ0) is 11.2. The maximum absolute atomic E-state index is 11.7. The number of aryl methyl sites for hydroxylation is 1. The summed E-state index contributed by atoms with van der Waals surface area (Å²) in [5, 5.41) is 1.30. The fraction of sp³-hybridized carbons (Fsp3) is 0.100. The minimum absolute atomic E-state index is 0.0690.